The topological polar surface area (TPSA) is 46.3 Å². The molecule has 0 amide bonds. The summed E-state index contributed by atoms with van der Waals surface area (Å²) in [4.78, 5) is 8.95. The van der Waals surface area contributed by atoms with Gasteiger partial charge in [0.1, 0.15) is 5.82 Å². The summed E-state index contributed by atoms with van der Waals surface area (Å²) in [6.45, 7) is 1.64. The summed E-state index contributed by atoms with van der Waals surface area (Å²) in [5.74, 6) is 0.0607. The lowest BCUT2D eigenvalue weighted by Crippen LogP contribution is -2.72. The molecule has 2 rings (SSSR count). The van der Waals surface area contributed by atoms with Gasteiger partial charge in [-0.1, -0.05) is 10.7 Å². The molecule has 0 saturated heterocycles. The van der Waals surface area contributed by atoms with Crippen molar-refractivity contribution in [3.63, 3.8) is 0 Å². The zero-order valence-electron chi connectivity index (χ0n) is 14.2. The van der Waals surface area contributed by atoms with Gasteiger partial charge in [0.25, 0.3) is 5.78 Å². The Kier molecular flexibility index (Phi) is 5.18. The smallest absolute Gasteiger partial charge is 0.253 e. The van der Waals surface area contributed by atoms with E-state index in [1.54, 1.807) is 6.92 Å². The molecule has 22 radical (unpaired) electrons. The summed E-state index contributed by atoms with van der Waals surface area (Å²) in [6.07, 6.45) is 0. The van der Waals surface area contributed by atoms with Crippen LogP contribution >= 0.6 is 0 Å². The standard InChI is InChI=1S/C10H4B11N5/c1-3-2-4(25-6(22-3)23-5(11)24-25)26(9(18,19)7(12,13)14)10(20,21)8(15,16)17/h2H,1H3. The summed E-state index contributed by atoms with van der Waals surface area (Å²) >= 11 is 0. The third-order valence-corrected chi connectivity index (χ3v) is 3.79. The SMILES string of the molecule is [B]c1nc2nc(C)cc(N(C([B])([B])C([B])([B])[B])C([B])([B])C([B])([B])[B])n2n1. The first-order valence-corrected chi connectivity index (χ1v) is 7.19. The van der Waals surface area contributed by atoms with Crippen molar-refractivity contribution >= 4 is 104 Å². The number of hydrogen-bond donors (Lipinski definition) is 0. The summed E-state index contributed by atoms with van der Waals surface area (Å²) in [6, 6.07) is 1.43. The number of aryl methyl sites for hydroxylation is 1. The van der Waals surface area contributed by atoms with Gasteiger partial charge in [-0.2, -0.15) is 9.61 Å². The fourth-order valence-corrected chi connectivity index (χ4v) is 2.22. The molecule has 0 saturated carbocycles. The Morgan fingerprint density at radius 3 is 1.73 bits per heavy atom. The lowest BCUT2D eigenvalue weighted by molar-refractivity contribution is 0.591. The number of hydrogen-bond acceptors (Lipinski definition) is 4. The second kappa shape index (κ2) is 6.30. The molecule has 0 aromatic carbocycles. The van der Waals surface area contributed by atoms with Crippen molar-refractivity contribution in [1.29, 1.82) is 0 Å². The molecule has 5 nitrogen and oxygen atoms in total. The minimum atomic E-state index is -2.33. The van der Waals surface area contributed by atoms with E-state index in [1.165, 1.54) is 6.07 Å². The maximum absolute atomic E-state index is 6.09. The van der Waals surface area contributed by atoms with Crippen LogP contribution in [0.25, 0.3) is 5.78 Å². The van der Waals surface area contributed by atoms with Crippen LogP contribution in [-0.2, 0) is 0 Å². The van der Waals surface area contributed by atoms with Gasteiger partial charge >= 0.3 is 0 Å². The predicted molar refractivity (Wildman–Crippen MR) is 112 cm³/mol. The number of anilines is 1. The van der Waals surface area contributed by atoms with Crippen molar-refractivity contribution in [2.24, 2.45) is 0 Å². The van der Waals surface area contributed by atoms with Gasteiger partial charge in [-0.25, -0.2) is 9.97 Å². The molecule has 102 valence electrons. The Balaban J connectivity index is 2.91. The van der Waals surface area contributed by atoms with Crippen molar-refractivity contribution < 1.29 is 0 Å². The average Bonchev–Trinajstić information content (AvgIpc) is 2.75. The van der Waals surface area contributed by atoms with Crippen molar-refractivity contribution in [2.75, 3.05) is 4.90 Å². The lowest BCUT2D eigenvalue weighted by atomic mass is 9.22. The van der Waals surface area contributed by atoms with Gasteiger partial charge in [0.2, 0.25) is 0 Å². The van der Waals surface area contributed by atoms with Crippen LogP contribution in [0.5, 0.6) is 0 Å². The summed E-state index contributed by atoms with van der Waals surface area (Å²) in [7, 11) is 64.3. The van der Waals surface area contributed by atoms with Gasteiger partial charge in [0.15, 0.2) is 7.85 Å². The zero-order chi connectivity index (χ0) is 20.3. The first-order valence-electron chi connectivity index (χ1n) is 7.19. The molecule has 16 heteroatoms. The van der Waals surface area contributed by atoms with Crippen molar-refractivity contribution in [2.45, 2.75) is 27.8 Å². The Morgan fingerprint density at radius 2 is 1.31 bits per heavy atom. The van der Waals surface area contributed by atoms with Crippen LogP contribution in [0.3, 0.4) is 0 Å². The molecule has 0 spiro atoms. The maximum atomic E-state index is 6.09. The number of fused-ring (bicyclic) bond motifs is 1. The molecule has 0 bridgehead atoms. The monoisotopic (exact) mass is 315 g/mol. The largest absolute Gasteiger partial charge is 0.383 e. The number of rotatable bonds is 5. The van der Waals surface area contributed by atoms with Crippen molar-refractivity contribution in [3.8, 4) is 0 Å². The first-order chi connectivity index (χ1) is 11.5. The van der Waals surface area contributed by atoms with E-state index in [2.05, 4.69) is 15.1 Å². The van der Waals surface area contributed by atoms with Gasteiger partial charge in [0.05, 0.1) is 84.2 Å². The minimum absolute atomic E-state index is 0.0110. The quantitative estimate of drug-likeness (QED) is 0.520. The number of aromatic nitrogens is 4. The van der Waals surface area contributed by atoms with Gasteiger partial charge in [-0.15, -0.1) is 10.2 Å². The van der Waals surface area contributed by atoms with Gasteiger partial charge < -0.3 is 4.90 Å². The van der Waals surface area contributed by atoms with E-state index in [-0.39, 0.29) is 17.3 Å². The van der Waals surface area contributed by atoms with E-state index < -0.39 is 20.9 Å². The Hall–Kier alpha value is -0.936. The number of nitrogens with zero attached hydrogens (tertiary/aromatic N) is 5. The lowest BCUT2D eigenvalue weighted by Gasteiger charge is -2.63. The fourth-order valence-electron chi connectivity index (χ4n) is 2.22. The zero-order valence-corrected chi connectivity index (χ0v) is 14.2. The highest BCUT2D eigenvalue weighted by Crippen LogP contribution is 2.42. The molecule has 0 fully saturated rings. The maximum Gasteiger partial charge on any atom is 0.253 e. The molecule has 0 aliphatic rings. The highest BCUT2D eigenvalue weighted by atomic mass is 15.4. The van der Waals surface area contributed by atoms with Gasteiger partial charge in [-0.3, -0.25) is 0 Å². The molecule has 2 aromatic heterocycles. The second-order valence-electron chi connectivity index (χ2n) is 6.29. The second-order valence-corrected chi connectivity index (χ2v) is 6.29. The van der Waals surface area contributed by atoms with E-state index in [4.69, 9.17) is 86.3 Å². The van der Waals surface area contributed by atoms with Crippen LogP contribution in [0.15, 0.2) is 6.07 Å². The third-order valence-electron chi connectivity index (χ3n) is 3.79. The van der Waals surface area contributed by atoms with Crippen LogP contribution in [-0.4, -0.2) is 117 Å². The highest BCUT2D eigenvalue weighted by Gasteiger charge is 2.46. The van der Waals surface area contributed by atoms with Crippen LogP contribution in [0.4, 0.5) is 5.82 Å². The minimum Gasteiger partial charge on any atom is -0.383 e. The molecular weight excluding hydrogens is 309 g/mol. The van der Waals surface area contributed by atoms with Crippen molar-refractivity contribution in [1.82, 2.24) is 19.6 Å². The fraction of sp³-hybridized carbons (Fsp3) is 0.500. The van der Waals surface area contributed by atoms with Crippen LogP contribution in [0.2, 0.25) is 10.2 Å². The normalized spacial score (nSPS) is 13.7. The Morgan fingerprint density at radius 1 is 0.846 bits per heavy atom. The molecule has 0 aliphatic carbocycles. The van der Waals surface area contributed by atoms with Crippen LogP contribution in [0.1, 0.15) is 5.69 Å². The molecule has 0 aliphatic heterocycles. The van der Waals surface area contributed by atoms with Crippen LogP contribution < -0.4 is 10.6 Å². The van der Waals surface area contributed by atoms with Gasteiger partial charge in [0, 0.05) is 11.8 Å². The molecule has 2 aromatic rings. The molecule has 0 atom stereocenters. The Bertz CT molecular complexity index is 795. The van der Waals surface area contributed by atoms with E-state index in [1.807, 2.05) is 0 Å². The highest BCUT2D eigenvalue weighted by molar-refractivity contribution is 6.71. The van der Waals surface area contributed by atoms with E-state index in [9.17, 15) is 0 Å². The summed E-state index contributed by atoms with van der Waals surface area (Å²) in [5, 5.41) is -5.19. The van der Waals surface area contributed by atoms with E-state index in [0.29, 0.717) is 5.69 Å². The third kappa shape index (κ3) is 3.45. The van der Waals surface area contributed by atoms with E-state index in [0.717, 1.165) is 9.42 Å². The summed E-state index contributed by atoms with van der Waals surface area (Å²) < 4.78 is 1.13. The average molecular weight is 313 g/mol. The molecule has 0 unspecified atom stereocenters. The summed E-state index contributed by atoms with van der Waals surface area (Å²) in [5.41, 5.74) is 0.326. The molecule has 2 heterocycles. The molecule has 0 N–H and O–H groups in total. The Labute approximate surface area is 167 Å². The first kappa shape index (κ1) is 21.4. The van der Waals surface area contributed by atoms with Gasteiger partial charge in [-0.05, 0) is 6.92 Å². The molecular formula is C10H4B11N5. The van der Waals surface area contributed by atoms with E-state index >= 15 is 0 Å². The predicted octanol–water partition coefficient (Wildman–Crippen LogP) is -4.83. The van der Waals surface area contributed by atoms with Crippen LogP contribution in [0, 0.1) is 6.92 Å². The van der Waals surface area contributed by atoms with Crippen molar-refractivity contribution in [3.05, 3.63) is 11.8 Å². The molecule has 26 heavy (non-hydrogen) atoms.